The van der Waals surface area contributed by atoms with Crippen molar-refractivity contribution < 1.29 is 38.1 Å². The second-order valence-corrected chi connectivity index (χ2v) is 18.2. The normalized spacial score (nSPS) is 26.2. The van der Waals surface area contributed by atoms with Gasteiger partial charge in [-0.15, -0.1) is 0 Å². The summed E-state index contributed by atoms with van der Waals surface area (Å²) in [7, 11) is 2.64. The van der Waals surface area contributed by atoms with Crippen LogP contribution in [0.4, 0.5) is 9.59 Å². The second-order valence-electron chi connectivity index (χ2n) is 18.2. The summed E-state index contributed by atoms with van der Waals surface area (Å²) in [5.41, 5.74) is 5.83. The summed E-state index contributed by atoms with van der Waals surface area (Å²) < 4.78 is 20.9. The highest BCUT2D eigenvalue weighted by Crippen LogP contribution is 2.55. The molecule has 4 saturated heterocycles. The lowest BCUT2D eigenvalue weighted by Crippen LogP contribution is -2.54. The third-order valence-corrected chi connectivity index (χ3v) is 14.4. The molecule has 64 heavy (non-hydrogen) atoms. The number of nitrogens with one attached hydrogen (secondary N) is 4. The van der Waals surface area contributed by atoms with Crippen molar-refractivity contribution in [3.05, 3.63) is 83.7 Å². The largest absolute Gasteiger partial charge is 0.453 e. The molecule has 0 spiro atoms. The minimum atomic E-state index is -0.671. The Morgan fingerprint density at radius 2 is 1.02 bits per heavy atom. The number of rotatable bonds is 12. The monoisotopic (exact) mass is 872 g/mol. The van der Waals surface area contributed by atoms with E-state index in [1.807, 2.05) is 22.2 Å². The molecule has 6 aliphatic rings. The topological polar surface area (TPSA) is 193 Å². The zero-order valence-corrected chi connectivity index (χ0v) is 36.2. The number of carbonyl (C=O) groups excluding carboxylic acids is 4. The van der Waals surface area contributed by atoms with Crippen LogP contribution in [0.15, 0.2) is 60.9 Å². The van der Waals surface area contributed by atoms with Gasteiger partial charge in [-0.3, -0.25) is 9.59 Å². The Balaban J connectivity index is 0.773. The van der Waals surface area contributed by atoms with Crippen LogP contribution in [0.1, 0.15) is 86.2 Å². The minimum absolute atomic E-state index is 0.0180. The molecule has 2 aromatic heterocycles. The lowest BCUT2D eigenvalue weighted by atomic mass is 9.90. The first-order valence-electron chi connectivity index (χ1n) is 22.7. The fraction of sp³-hybridized carbons (Fsp3) is 0.500. The van der Waals surface area contributed by atoms with Crippen LogP contribution in [0.5, 0.6) is 0 Å². The number of amides is 4. The number of aromatic nitrogens is 4. The van der Waals surface area contributed by atoms with E-state index in [0.717, 1.165) is 71.0 Å². The molecule has 0 unspecified atom stereocenters. The lowest BCUT2D eigenvalue weighted by molar-refractivity contribution is -0.138. The maximum atomic E-state index is 14.2. The standard InChI is InChI=1S/C48H56N8O8/c1-61-47(59)53-41(31-13-17-63-18-14-31)45(57)55-37-21-33(37)23-39(55)43-49-25-35(51-43)29-9-5-27(6-10-29)3-4-28-7-11-30(12-8-28)36-26-50-44(52-36)40-24-34-22-38(34)56(40)46(58)42(54-48(60)62-2)32-15-19-64-20-16-32/h3-12,25-26,31-34,37-42H,13-24H2,1-2H3,(H,49,51)(H,50,52)(H,53,59)(H,54,60)/b4-3+/t33-,34-,37-,38-,39+,40+,41+,42+/m1/s1. The van der Waals surface area contributed by atoms with Gasteiger partial charge in [-0.25, -0.2) is 19.6 Å². The molecule has 336 valence electrons. The van der Waals surface area contributed by atoms with Crippen molar-refractivity contribution in [2.24, 2.45) is 23.7 Å². The third-order valence-electron chi connectivity index (χ3n) is 14.4. The second kappa shape index (κ2) is 17.9. The Bertz CT molecular complexity index is 2200. The summed E-state index contributed by atoms with van der Waals surface area (Å²) in [4.78, 5) is 73.6. The number of aromatic amines is 2. The summed E-state index contributed by atoms with van der Waals surface area (Å²) in [5.74, 6) is 2.21. The number of piperidine rings is 2. The van der Waals surface area contributed by atoms with Crippen LogP contribution in [0.3, 0.4) is 0 Å². The van der Waals surface area contributed by atoms with Crippen molar-refractivity contribution in [3.8, 4) is 22.5 Å². The Hall–Kier alpha value is -6.00. The smallest absolute Gasteiger partial charge is 0.407 e. The molecule has 2 aromatic carbocycles. The van der Waals surface area contributed by atoms with E-state index in [2.05, 4.69) is 81.3 Å². The molecular weight excluding hydrogens is 817 g/mol. The number of methoxy groups -OCH3 is 2. The number of benzene rings is 2. The number of nitrogens with zero attached hydrogens (tertiary/aromatic N) is 4. The quantitative estimate of drug-likeness (QED) is 0.118. The van der Waals surface area contributed by atoms with Crippen molar-refractivity contribution >= 4 is 36.2 Å². The van der Waals surface area contributed by atoms with Gasteiger partial charge in [0.05, 0.1) is 50.1 Å². The molecule has 4 aliphatic heterocycles. The minimum Gasteiger partial charge on any atom is -0.453 e. The van der Waals surface area contributed by atoms with E-state index < -0.39 is 24.3 Å². The Morgan fingerprint density at radius 1 is 0.625 bits per heavy atom. The van der Waals surface area contributed by atoms with Crippen molar-refractivity contribution in [2.45, 2.75) is 87.6 Å². The number of H-pyrrole nitrogens is 2. The molecule has 2 aliphatic carbocycles. The fourth-order valence-corrected chi connectivity index (χ4v) is 10.6. The Labute approximate surface area is 371 Å². The molecule has 0 bridgehead atoms. The summed E-state index contributed by atoms with van der Waals surface area (Å²) >= 11 is 0. The van der Waals surface area contributed by atoms with Crippen molar-refractivity contribution in [2.75, 3.05) is 40.6 Å². The Morgan fingerprint density at radius 3 is 1.39 bits per heavy atom. The van der Waals surface area contributed by atoms with E-state index in [-0.39, 0.29) is 47.8 Å². The maximum absolute atomic E-state index is 14.2. The number of ether oxygens (including phenoxy) is 4. The lowest BCUT2D eigenvalue weighted by Gasteiger charge is -2.35. The molecule has 2 saturated carbocycles. The van der Waals surface area contributed by atoms with Gasteiger partial charge in [0, 0.05) is 38.5 Å². The molecule has 4 N–H and O–H groups in total. The van der Waals surface area contributed by atoms with E-state index in [1.165, 1.54) is 14.2 Å². The van der Waals surface area contributed by atoms with Gasteiger partial charge in [-0.05, 0) is 97.3 Å². The molecule has 8 atom stereocenters. The molecular formula is C48H56N8O8. The zero-order chi connectivity index (χ0) is 43.9. The Kier molecular flexibility index (Phi) is 11.7. The van der Waals surface area contributed by atoms with Gasteiger partial charge in [-0.2, -0.15) is 0 Å². The molecule has 6 fully saturated rings. The maximum Gasteiger partial charge on any atom is 0.407 e. The van der Waals surface area contributed by atoms with Crippen LogP contribution >= 0.6 is 0 Å². The van der Waals surface area contributed by atoms with Gasteiger partial charge < -0.3 is 49.3 Å². The molecule has 16 heteroatoms. The van der Waals surface area contributed by atoms with Crippen LogP contribution in [-0.2, 0) is 28.5 Å². The number of carbonyl (C=O) groups is 4. The van der Waals surface area contributed by atoms with E-state index in [9.17, 15) is 19.2 Å². The van der Waals surface area contributed by atoms with Gasteiger partial charge in [-0.1, -0.05) is 60.7 Å². The van der Waals surface area contributed by atoms with Crippen LogP contribution < -0.4 is 10.6 Å². The summed E-state index contributed by atoms with van der Waals surface area (Å²) in [6.07, 6.45) is 13.1. The molecule has 10 rings (SSSR count). The van der Waals surface area contributed by atoms with Gasteiger partial charge in [0.15, 0.2) is 0 Å². The van der Waals surface area contributed by atoms with Gasteiger partial charge >= 0.3 is 12.2 Å². The summed E-state index contributed by atoms with van der Waals surface area (Å²) in [5, 5.41) is 5.70. The number of imidazole rings is 2. The number of hydrogen-bond acceptors (Lipinski definition) is 10. The van der Waals surface area contributed by atoms with Crippen LogP contribution in [0.2, 0.25) is 0 Å². The first-order chi connectivity index (χ1) is 31.3. The van der Waals surface area contributed by atoms with Crippen LogP contribution in [0.25, 0.3) is 34.7 Å². The summed E-state index contributed by atoms with van der Waals surface area (Å²) in [6, 6.07) is 15.2. The summed E-state index contributed by atoms with van der Waals surface area (Å²) in [6.45, 7) is 2.27. The first kappa shape index (κ1) is 42.0. The van der Waals surface area contributed by atoms with E-state index in [1.54, 1.807) is 0 Å². The number of hydrogen-bond donors (Lipinski definition) is 4. The first-order valence-corrected chi connectivity index (χ1v) is 22.7. The van der Waals surface area contributed by atoms with E-state index in [0.29, 0.717) is 63.9 Å². The number of alkyl carbamates (subject to hydrolysis) is 2. The SMILES string of the molecule is COC(=O)N[C@H](C(=O)N1[C@@H]2C[C@@H]2C[C@H]1c1ncc(-c2ccc(/C=C/c3ccc(-c4cnc([C@@H]5C[C@H]6C[C@H]6N5C(=O)[C@@H](NC(=O)OC)C5CCOCC5)[nH]4)cc3)cc2)[nH]1)C1CCOCC1. The fourth-order valence-electron chi connectivity index (χ4n) is 10.6. The van der Waals surface area contributed by atoms with E-state index >= 15 is 0 Å². The number of likely N-dealkylation sites (tertiary alicyclic amines) is 2. The molecule has 4 aromatic rings. The molecule has 0 radical (unpaired) electrons. The van der Waals surface area contributed by atoms with Gasteiger partial charge in [0.2, 0.25) is 11.8 Å². The predicted molar refractivity (Wildman–Crippen MR) is 235 cm³/mol. The molecule has 6 heterocycles. The molecule has 4 amide bonds. The average molecular weight is 873 g/mol. The van der Waals surface area contributed by atoms with Crippen molar-refractivity contribution in [3.63, 3.8) is 0 Å². The van der Waals surface area contributed by atoms with Crippen LogP contribution in [-0.4, -0.2) is 119 Å². The van der Waals surface area contributed by atoms with Crippen molar-refractivity contribution in [1.29, 1.82) is 0 Å². The average Bonchev–Trinajstić information content (AvgIpc) is 3.92. The highest BCUT2D eigenvalue weighted by atomic mass is 16.5. The van der Waals surface area contributed by atoms with Crippen LogP contribution in [0, 0.1) is 23.7 Å². The van der Waals surface area contributed by atoms with Gasteiger partial charge in [0.25, 0.3) is 0 Å². The number of fused-ring (bicyclic) bond motifs is 2. The van der Waals surface area contributed by atoms with E-state index in [4.69, 9.17) is 28.9 Å². The zero-order valence-electron chi connectivity index (χ0n) is 36.2. The van der Waals surface area contributed by atoms with Crippen molar-refractivity contribution in [1.82, 2.24) is 40.4 Å². The molecule has 16 nitrogen and oxygen atoms in total. The highest BCUT2D eigenvalue weighted by Gasteiger charge is 2.58. The van der Waals surface area contributed by atoms with Gasteiger partial charge in [0.1, 0.15) is 23.7 Å². The third kappa shape index (κ3) is 8.52. The predicted octanol–water partition coefficient (Wildman–Crippen LogP) is 6.26. The highest BCUT2D eigenvalue weighted by molar-refractivity contribution is 5.88.